The number of aromatic nitrogens is 2. The summed E-state index contributed by atoms with van der Waals surface area (Å²) in [6.45, 7) is -0.323. The third-order valence-electron chi connectivity index (χ3n) is 1.78. The second-order valence-corrected chi connectivity index (χ2v) is 5.04. The van der Waals surface area contributed by atoms with Crippen LogP contribution in [0.25, 0.3) is 10.0 Å². The topological polar surface area (TPSA) is 66.2 Å². The Morgan fingerprint density at radius 2 is 1.33 bits per heavy atom. The molecule has 0 unspecified atom stereocenters. The zero-order chi connectivity index (χ0) is 12.8. The second kappa shape index (κ2) is 6.29. The Balaban J connectivity index is 2.21. The van der Waals surface area contributed by atoms with Crippen molar-refractivity contribution < 1.29 is 10.2 Å². The van der Waals surface area contributed by atoms with Crippen molar-refractivity contribution in [2.75, 3.05) is 13.2 Å². The van der Waals surface area contributed by atoms with Crippen molar-refractivity contribution in [1.29, 1.82) is 0 Å². The van der Waals surface area contributed by atoms with Crippen molar-refractivity contribution >= 4 is 22.7 Å². The SMILES string of the molecule is OCC#Cc1cnc(-c2ncc(C#CCO)s2)s1. The van der Waals surface area contributed by atoms with Crippen LogP contribution < -0.4 is 0 Å². The molecule has 4 nitrogen and oxygen atoms in total. The molecule has 0 atom stereocenters. The zero-order valence-corrected chi connectivity index (χ0v) is 10.8. The van der Waals surface area contributed by atoms with E-state index < -0.39 is 0 Å². The van der Waals surface area contributed by atoms with Gasteiger partial charge in [0.2, 0.25) is 0 Å². The third-order valence-corrected chi connectivity index (χ3v) is 3.74. The maximum atomic E-state index is 8.60. The van der Waals surface area contributed by atoms with E-state index in [0.717, 1.165) is 19.8 Å². The number of aliphatic hydroxyl groups is 2. The molecule has 0 aliphatic heterocycles. The molecule has 0 radical (unpaired) electrons. The molecule has 0 spiro atoms. The highest BCUT2D eigenvalue weighted by Crippen LogP contribution is 2.28. The minimum absolute atomic E-state index is 0.161. The summed E-state index contributed by atoms with van der Waals surface area (Å²) < 4.78 is 0. The Labute approximate surface area is 112 Å². The normalized spacial score (nSPS) is 9.22. The van der Waals surface area contributed by atoms with Crippen LogP contribution in [0.1, 0.15) is 9.75 Å². The smallest absolute Gasteiger partial charge is 0.153 e. The largest absolute Gasteiger partial charge is 0.384 e. The lowest BCUT2D eigenvalue weighted by molar-refractivity contribution is 0.350. The predicted molar refractivity (Wildman–Crippen MR) is 71.1 cm³/mol. The summed E-state index contributed by atoms with van der Waals surface area (Å²) in [5, 5.41) is 18.8. The molecule has 2 heterocycles. The molecule has 0 aromatic carbocycles. The van der Waals surface area contributed by atoms with E-state index in [4.69, 9.17) is 10.2 Å². The predicted octanol–water partition coefficient (Wildman–Crippen LogP) is 0.954. The quantitative estimate of drug-likeness (QED) is 0.761. The van der Waals surface area contributed by atoms with E-state index in [2.05, 4.69) is 33.6 Å². The van der Waals surface area contributed by atoms with Crippen LogP contribution in [-0.4, -0.2) is 33.4 Å². The van der Waals surface area contributed by atoms with Gasteiger partial charge in [-0.05, 0) is 0 Å². The molecular formula is C12H8N2O2S2. The first-order valence-electron chi connectivity index (χ1n) is 4.95. The standard InChI is InChI=1S/C12H8N2O2S2/c15-5-1-3-9-7-13-11(17-9)12-14-8-10(18-12)4-2-6-16/h7-8,15-16H,5-6H2. The zero-order valence-electron chi connectivity index (χ0n) is 9.17. The van der Waals surface area contributed by atoms with Gasteiger partial charge in [-0.15, -0.1) is 22.7 Å². The van der Waals surface area contributed by atoms with Gasteiger partial charge in [-0.1, -0.05) is 23.7 Å². The maximum absolute atomic E-state index is 8.60. The van der Waals surface area contributed by atoms with Gasteiger partial charge in [0, 0.05) is 0 Å². The highest BCUT2D eigenvalue weighted by molar-refractivity contribution is 7.21. The Morgan fingerprint density at radius 3 is 1.72 bits per heavy atom. The van der Waals surface area contributed by atoms with Crippen molar-refractivity contribution in [1.82, 2.24) is 9.97 Å². The number of aliphatic hydroxyl groups excluding tert-OH is 2. The first-order valence-corrected chi connectivity index (χ1v) is 6.58. The Hall–Kier alpha value is -1.70. The summed E-state index contributed by atoms with van der Waals surface area (Å²) in [6.07, 6.45) is 3.31. The van der Waals surface area contributed by atoms with Crippen molar-refractivity contribution in [2.24, 2.45) is 0 Å². The summed E-state index contributed by atoms with van der Waals surface area (Å²) in [5.74, 6) is 10.7. The molecule has 0 saturated heterocycles. The van der Waals surface area contributed by atoms with Crippen molar-refractivity contribution in [3.8, 4) is 33.7 Å². The van der Waals surface area contributed by atoms with Crippen LogP contribution in [0.3, 0.4) is 0 Å². The lowest BCUT2D eigenvalue weighted by Gasteiger charge is -1.83. The summed E-state index contributed by atoms with van der Waals surface area (Å²) in [6, 6.07) is 0. The maximum Gasteiger partial charge on any atom is 0.153 e. The van der Waals surface area contributed by atoms with Crippen LogP contribution in [0, 0.1) is 23.7 Å². The first-order chi connectivity index (χ1) is 8.83. The third kappa shape index (κ3) is 3.16. The Kier molecular flexibility index (Phi) is 4.46. The summed E-state index contributed by atoms with van der Waals surface area (Å²) >= 11 is 2.84. The molecule has 2 aromatic rings. The van der Waals surface area contributed by atoms with Gasteiger partial charge in [0.25, 0.3) is 0 Å². The van der Waals surface area contributed by atoms with Gasteiger partial charge >= 0.3 is 0 Å². The summed E-state index contributed by atoms with van der Waals surface area (Å²) in [5.41, 5.74) is 0. The van der Waals surface area contributed by atoms with E-state index in [0.29, 0.717) is 0 Å². The summed E-state index contributed by atoms with van der Waals surface area (Å²) in [7, 11) is 0. The van der Waals surface area contributed by atoms with Gasteiger partial charge in [0.1, 0.15) is 13.2 Å². The molecule has 2 N–H and O–H groups in total. The van der Waals surface area contributed by atoms with Crippen molar-refractivity contribution in [3.63, 3.8) is 0 Å². The molecule has 2 rings (SSSR count). The monoisotopic (exact) mass is 276 g/mol. The van der Waals surface area contributed by atoms with Gasteiger partial charge in [-0.3, -0.25) is 0 Å². The molecule has 0 bridgehead atoms. The number of hydrogen-bond acceptors (Lipinski definition) is 6. The molecular weight excluding hydrogens is 268 g/mol. The van der Waals surface area contributed by atoms with Crippen molar-refractivity contribution in [2.45, 2.75) is 0 Å². The number of hydrogen-bond donors (Lipinski definition) is 2. The fraction of sp³-hybridized carbons (Fsp3) is 0.167. The van der Waals surface area contributed by atoms with E-state index in [9.17, 15) is 0 Å². The number of rotatable bonds is 1. The minimum atomic E-state index is -0.161. The van der Waals surface area contributed by atoms with E-state index in [-0.39, 0.29) is 13.2 Å². The van der Waals surface area contributed by atoms with Gasteiger partial charge in [-0.25, -0.2) is 9.97 Å². The molecule has 0 fully saturated rings. The lowest BCUT2D eigenvalue weighted by Crippen LogP contribution is -1.70. The molecule has 0 amide bonds. The number of nitrogens with zero attached hydrogens (tertiary/aromatic N) is 2. The lowest BCUT2D eigenvalue weighted by atomic mass is 10.5. The molecule has 0 aliphatic carbocycles. The molecule has 90 valence electrons. The average molecular weight is 276 g/mol. The van der Waals surface area contributed by atoms with Crippen LogP contribution in [0.2, 0.25) is 0 Å². The van der Waals surface area contributed by atoms with Gasteiger partial charge in [0.15, 0.2) is 10.0 Å². The molecule has 2 aromatic heterocycles. The number of thiazole rings is 2. The summed E-state index contributed by atoms with van der Waals surface area (Å²) in [4.78, 5) is 10.0. The van der Waals surface area contributed by atoms with E-state index in [1.165, 1.54) is 22.7 Å². The van der Waals surface area contributed by atoms with Crippen LogP contribution >= 0.6 is 22.7 Å². The van der Waals surface area contributed by atoms with E-state index >= 15 is 0 Å². The van der Waals surface area contributed by atoms with Crippen LogP contribution in [0.4, 0.5) is 0 Å². The van der Waals surface area contributed by atoms with E-state index in [1.54, 1.807) is 12.4 Å². The van der Waals surface area contributed by atoms with Crippen LogP contribution in [0.15, 0.2) is 12.4 Å². The Bertz CT molecular complexity index is 594. The molecule has 0 saturated carbocycles. The van der Waals surface area contributed by atoms with Gasteiger partial charge in [-0.2, -0.15) is 0 Å². The van der Waals surface area contributed by atoms with E-state index in [1.807, 2.05) is 0 Å². The fourth-order valence-corrected chi connectivity index (χ4v) is 2.73. The highest BCUT2D eigenvalue weighted by Gasteiger charge is 2.07. The fourth-order valence-electron chi connectivity index (χ4n) is 1.11. The van der Waals surface area contributed by atoms with Crippen LogP contribution in [0.5, 0.6) is 0 Å². The van der Waals surface area contributed by atoms with Gasteiger partial charge in [0.05, 0.1) is 22.1 Å². The highest BCUT2D eigenvalue weighted by atomic mass is 32.1. The second-order valence-electron chi connectivity index (χ2n) is 2.98. The molecule has 18 heavy (non-hydrogen) atoms. The van der Waals surface area contributed by atoms with Gasteiger partial charge < -0.3 is 10.2 Å². The minimum Gasteiger partial charge on any atom is -0.384 e. The Morgan fingerprint density at radius 1 is 0.889 bits per heavy atom. The first kappa shape index (κ1) is 12.7. The molecule has 0 aliphatic rings. The van der Waals surface area contributed by atoms with Crippen molar-refractivity contribution in [3.05, 3.63) is 22.1 Å². The average Bonchev–Trinajstić information content (AvgIpc) is 3.02. The molecule has 6 heteroatoms. The van der Waals surface area contributed by atoms with Crippen LogP contribution in [-0.2, 0) is 0 Å².